The van der Waals surface area contributed by atoms with Gasteiger partial charge in [0.2, 0.25) is 15.9 Å². The highest BCUT2D eigenvalue weighted by atomic mass is 35.5. The van der Waals surface area contributed by atoms with Crippen molar-refractivity contribution in [2.24, 2.45) is 0 Å². The van der Waals surface area contributed by atoms with Crippen LogP contribution in [0.25, 0.3) is 0 Å². The number of carbonyl (C=O) groups excluding carboxylic acids is 1. The van der Waals surface area contributed by atoms with Crippen LogP contribution < -0.4 is 9.62 Å². The van der Waals surface area contributed by atoms with Crippen molar-refractivity contribution in [3.05, 3.63) is 58.1 Å². The summed E-state index contributed by atoms with van der Waals surface area (Å²) >= 11 is 5.89. The predicted octanol–water partition coefficient (Wildman–Crippen LogP) is 4.25. The minimum absolute atomic E-state index is 0.00397. The summed E-state index contributed by atoms with van der Waals surface area (Å²) in [7, 11) is -3.90. The Labute approximate surface area is 167 Å². The number of fused-ring (bicyclic) bond motifs is 1. The number of aryl methyl sites for hydroxylation is 1. The minimum Gasteiger partial charge on any atom is -0.309 e. The number of benzene rings is 2. The monoisotopic (exact) mass is 428 g/mol. The zero-order chi connectivity index (χ0) is 20.5. The number of amides is 1. The molecular weight excluding hydrogens is 410 g/mol. The van der Waals surface area contributed by atoms with E-state index >= 15 is 0 Å². The Balaban J connectivity index is 1.86. The fourth-order valence-electron chi connectivity index (χ4n) is 3.23. The quantitative estimate of drug-likeness (QED) is 0.748. The summed E-state index contributed by atoms with van der Waals surface area (Å²) in [6.45, 7) is 2.29. The van der Waals surface area contributed by atoms with Gasteiger partial charge < -0.3 is 4.90 Å². The second kappa shape index (κ2) is 8.05. The molecule has 0 saturated carbocycles. The topological polar surface area (TPSA) is 66.5 Å². The number of nitrogens with zero attached hydrogens (tertiary/aromatic N) is 1. The summed E-state index contributed by atoms with van der Waals surface area (Å²) in [5.74, 6) is -1.85. The van der Waals surface area contributed by atoms with Gasteiger partial charge >= 0.3 is 0 Å². The van der Waals surface area contributed by atoms with E-state index in [0.29, 0.717) is 24.9 Å². The average Bonchev–Trinajstić information content (AvgIpc) is 2.59. The van der Waals surface area contributed by atoms with Crippen molar-refractivity contribution in [3.63, 3.8) is 0 Å². The van der Waals surface area contributed by atoms with Gasteiger partial charge in [0, 0.05) is 24.1 Å². The molecule has 0 aliphatic carbocycles. The molecule has 150 valence electrons. The molecule has 1 amide bonds. The van der Waals surface area contributed by atoms with Gasteiger partial charge in [-0.3, -0.25) is 9.52 Å². The molecule has 0 aromatic heterocycles. The molecule has 1 aliphatic rings. The Morgan fingerprint density at radius 2 is 1.93 bits per heavy atom. The van der Waals surface area contributed by atoms with Gasteiger partial charge in [-0.25, -0.2) is 17.2 Å². The highest BCUT2D eigenvalue weighted by molar-refractivity contribution is 7.91. The van der Waals surface area contributed by atoms with E-state index in [-0.39, 0.29) is 34.3 Å². The molecule has 0 saturated heterocycles. The Bertz CT molecular complexity index is 1030. The SMILES string of the molecule is CCCN1C(=O)CCc2cc(NS(=O)(=O)Cc3ccc(F)cc3Cl)cc(F)c21. The van der Waals surface area contributed by atoms with Gasteiger partial charge in [-0.2, -0.15) is 0 Å². The van der Waals surface area contributed by atoms with Gasteiger partial charge in [0.15, 0.2) is 0 Å². The van der Waals surface area contributed by atoms with Crippen LogP contribution in [-0.2, 0) is 27.0 Å². The first-order valence-electron chi connectivity index (χ1n) is 8.77. The molecule has 28 heavy (non-hydrogen) atoms. The van der Waals surface area contributed by atoms with Crippen LogP contribution in [0.4, 0.5) is 20.2 Å². The van der Waals surface area contributed by atoms with Gasteiger partial charge in [-0.15, -0.1) is 0 Å². The number of sulfonamides is 1. The molecule has 1 N–H and O–H groups in total. The van der Waals surface area contributed by atoms with E-state index in [1.54, 1.807) is 0 Å². The number of anilines is 2. The van der Waals surface area contributed by atoms with Crippen LogP contribution in [0.5, 0.6) is 0 Å². The van der Waals surface area contributed by atoms with E-state index in [9.17, 15) is 22.0 Å². The normalized spacial score (nSPS) is 14.1. The molecule has 3 rings (SSSR count). The number of nitrogens with one attached hydrogen (secondary N) is 1. The van der Waals surface area contributed by atoms with Gasteiger partial charge in [-0.05, 0) is 42.2 Å². The Kier molecular flexibility index (Phi) is 5.90. The molecule has 1 aliphatic heterocycles. The van der Waals surface area contributed by atoms with Crippen LogP contribution in [0.3, 0.4) is 0 Å². The lowest BCUT2D eigenvalue weighted by atomic mass is 10.00. The second-order valence-electron chi connectivity index (χ2n) is 6.61. The zero-order valence-corrected chi connectivity index (χ0v) is 16.7. The maximum atomic E-state index is 14.7. The highest BCUT2D eigenvalue weighted by Gasteiger charge is 2.27. The predicted molar refractivity (Wildman–Crippen MR) is 105 cm³/mol. The van der Waals surface area contributed by atoms with Crippen LogP contribution in [0.15, 0.2) is 30.3 Å². The number of rotatable bonds is 6. The summed E-state index contributed by atoms with van der Waals surface area (Å²) in [5, 5.41) is -0.00397. The molecule has 2 aromatic rings. The van der Waals surface area contributed by atoms with Gasteiger partial charge in [0.1, 0.15) is 11.6 Å². The van der Waals surface area contributed by atoms with Crippen molar-refractivity contribution < 1.29 is 22.0 Å². The van der Waals surface area contributed by atoms with Crippen molar-refractivity contribution >= 4 is 38.9 Å². The second-order valence-corrected chi connectivity index (χ2v) is 8.74. The van der Waals surface area contributed by atoms with Crippen LogP contribution in [0.2, 0.25) is 5.02 Å². The van der Waals surface area contributed by atoms with Crippen LogP contribution in [-0.4, -0.2) is 20.9 Å². The molecule has 0 unspecified atom stereocenters. The first-order chi connectivity index (χ1) is 13.2. The third kappa shape index (κ3) is 4.44. The maximum Gasteiger partial charge on any atom is 0.236 e. The van der Waals surface area contributed by atoms with Gasteiger partial charge in [-0.1, -0.05) is 24.6 Å². The summed E-state index contributed by atoms with van der Waals surface area (Å²) in [5.41, 5.74) is 1.09. The van der Waals surface area contributed by atoms with Gasteiger partial charge in [0.05, 0.1) is 17.1 Å². The fourth-order valence-corrected chi connectivity index (χ4v) is 4.75. The fraction of sp³-hybridized carbons (Fsp3) is 0.316. The highest BCUT2D eigenvalue weighted by Crippen LogP contribution is 2.34. The molecular formula is C19H19ClF2N2O3S. The lowest BCUT2D eigenvalue weighted by Crippen LogP contribution is -2.36. The zero-order valence-electron chi connectivity index (χ0n) is 15.1. The number of halogens is 3. The van der Waals surface area contributed by atoms with E-state index in [0.717, 1.165) is 18.2 Å². The molecule has 9 heteroatoms. The van der Waals surface area contributed by atoms with Crippen LogP contribution in [0, 0.1) is 11.6 Å². The lowest BCUT2D eigenvalue weighted by Gasteiger charge is -2.30. The minimum atomic E-state index is -3.90. The number of carbonyl (C=O) groups is 1. The standard InChI is InChI=1S/C19H19ClF2N2O3S/c1-2-7-24-18(25)6-4-12-8-15(10-17(22)19(12)24)23-28(26,27)11-13-3-5-14(21)9-16(13)20/h3,5,8-10,23H,2,4,6-7,11H2,1H3. The summed E-state index contributed by atoms with van der Waals surface area (Å²) in [6, 6.07) is 6.04. The number of hydrogen-bond acceptors (Lipinski definition) is 3. The van der Waals surface area contributed by atoms with E-state index in [1.165, 1.54) is 17.0 Å². The van der Waals surface area contributed by atoms with Crippen molar-refractivity contribution in [2.75, 3.05) is 16.2 Å². The van der Waals surface area contributed by atoms with E-state index in [1.807, 2.05) is 6.92 Å². The van der Waals surface area contributed by atoms with E-state index < -0.39 is 27.4 Å². The third-order valence-corrected chi connectivity index (χ3v) is 5.99. The molecule has 0 bridgehead atoms. The van der Waals surface area contributed by atoms with Crippen LogP contribution >= 0.6 is 11.6 Å². The molecule has 0 fully saturated rings. The summed E-state index contributed by atoms with van der Waals surface area (Å²) in [4.78, 5) is 13.5. The van der Waals surface area contributed by atoms with Crippen molar-refractivity contribution in [1.82, 2.24) is 0 Å². The average molecular weight is 429 g/mol. The first kappa shape index (κ1) is 20.5. The molecule has 0 spiro atoms. The molecule has 2 aromatic carbocycles. The molecule has 5 nitrogen and oxygen atoms in total. The molecule has 0 atom stereocenters. The van der Waals surface area contributed by atoms with Gasteiger partial charge in [0.25, 0.3) is 0 Å². The summed E-state index contributed by atoms with van der Waals surface area (Å²) in [6.07, 6.45) is 1.26. The first-order valence-corrected chi connectivity index (χ1v) is 10.8. The third-order valence-electron chi connectivity index (χ3n) is 4.40. The lowest BCUT2D eigenvalue weighted by molar-refractivity contribution is -0.118. The van der Waals surface area contributed by atoms with Crippen molar-refractivity contribution in [1.29, 1.82) is 0 Å². The smallest absolute Gasteiger partial charge is 0.236 e. The number of hydrogen-bond donors (Lipinski definition) is 1. The molecule has 0 radical (unpaired) electrons. The van der Waals surface area contributed by atoms with E-state index in [4.69, 9.17) is 11.6 Å². The maximum absolute atomic E-state index is 14.7. The Morgan fingerprint density at radius 1 is 1.18 bits per heavy atom. The summed E-state index contributed by atoms with van der Waals surface area (Å²) < 4.78 is 55.1. The van der Waals surface area contributed by atoms with Crippen molar-refractivity contribution in [3.8, 4) is 0 Å². The Morgan fingerprint density at radius 3 is 2.61 bits per heavy atom. The van der Waals surface area contributed by atoms with E-state index in [2.05, 4.69) is 4.72 Å². The largest absolute Gasteiger partial charge is 0.309 e. The Hall–Kier alpha value is -2.19. The van der Waals surface area contributed by atoms with Crippen LogP contribution in [0.1, 0.15) is 30.9 Å². The van der Waals surface area contributed by atoms with Crippen molar-refractivity contribution in [2.45, 2.75) is 31.9 Å². The molecule has 1 heterocycles.